The molecule has 4 rings (SSSR count). The lowest BCUT2D eigenvalue weighted by Crippen LogP contribution is -2.42. The van der Waals surface area contributed by atoms with Crippen LogP contribution in [0.15, 0.2) is 18.6 Å². The predicted molar refractivity (Wildman–Crippen MR) is 98.4 cm³/mol. The molecule has 3 heterocycles. The summed E-state index contributed by atoms with van der Waals surface area (Å²) in [6.45, 7) is 2.89. The van der Waals surface area contributed by atoms with Gasteiger partial charge < -0.3 is 14.4 Å². The summed E-state index contributed by atoms with van der Waals surface area (Å²) in [5, 5.41) is 1.13. The molecule has 1 aliphatic carbocycles. The van der Waals surface area contributed by atoms with Crippen molar-refractivity contribution in [1.82, 2.24) is 19.4 Å². The van der Waals surface area contributed by atoms with E-state index in [1.54, 1.807) is 6.33 Å². The van der Waals surface area contributed by atoms with Crippen LogP contribution in [0.1, 0.15) is 32.1 Å². The van der Waals surface area contributed by atoms with Gasteiger partial charge in [-0.2, -0.15) is 0 Å². The van der Waals surface area contributed by atoms with Crippen molar-refractivity contribution < 1.29 is 4.79 Å². The fourth-order valence-electron chi connectivity index (χ4n) is 4.09. The van der Waals surface area contributed by atoms with E-state index in [9.17, 15) is 4.79 Å². The average Bonchev–Trinajstić information content (AvgIpc) is 2.95. The van der Waals surface area contributed by atoms with Gasteiger partial charge in [-0.1, -0.05) is 6.42 Å². The van der Waals surface area contributed by atoms with Crippen LogP contribution < -0.4 is 4.90 Å². The maximum absolute atomic E-state index is 12.3. The number of amides is 1. The Bertz CT molecular complexity index is 758. The molecule has 0 bridgehead atoms. The Kier molecular flexibility index (Phi) is 4.36. The minimum Gasteiger partial charge on any atom is -0.356 e. The molecule has 2 aromatic heterocycles. The zero-order valence-electron chi connectivity index (χ0n) is 15.2. The molecule has 6 heteroatoms. The van der Waals surface area contributed by atoms with E-state index in [2.05, 4.69) is 20.9 Å². The second-order valence-corrected chi connectivity index (χ2v) is 7.64. The van der Waals surface area contributed by atoms with Crippen LogP contribution in [0.4, 0.5) is 5.82 Å². The highest BCUT2D eigenvalue weighted by Gasteiger charge is 2.30. The zero-order valence-corrected chi connectivity index (χ0v) is 15.2. The third-order valence-corrected chi connectivity index (χ3v) is 5.92. The van der Waals surface area contributed by atoms with Gasteiger partial charge in [0.1, 0.15) is 17.8 Å². The first-order valence-electron chi connectivity index (χ1n) is 9.39. The van der Waals surface area contributed by atoms with Gasteiger partial charge in [-0.15, -0.1) is 0 Å². The molecule has 1 saturated carbocycles. The largest absolute Gasteiger partial charge is 0.356 e. The zero-order chi connectivity index (χ0) is 17.4. The fraction of sp³-hybridized carbons (Fsp3) is 0.632. The predicted octanol–water partition coefficient (Wildman–Crippen LogP) is 2.44. The Labute approximate surface area is 148 Å². The number of aryl methyl sites for hydroxylation is 1. The van der Waals surface area contributed by atoms with Crippen LogP contribution in [0.3, 0.4) is 0 Å². The number of carbonyl (C=O) groups excluding carboxylic acids is 1. The van der Waals surface area contributed by atoms with Crippen LogP contribution in [-0.2, 0) is 11.8 Å². The Morgan fingerprint density at radius 1 is 1.24 bits per heavy atom. The topological polar surface area (TPSA) is 54.3 Å². The highest BCUT2D eigenvalue weighted by atomic mass is 16.2. The SMILES string of the molecule is CN(CC1CCN(c2ncnc3c2ccn3C)CC1)C(=O)C1CCC1. The molecule has 0 atom stereocenters. The second-order valence-electron chi connectivity index (χ2n) is 7.64. The summed E-state index contributed by atoms with van der Waals surface area (Å²) in [5.74, 6) is 2.30. The molecule has 6 nitrogen and oxygen atoms in total. The van der Waals surface area contributed by atoms with Crippen LogP contribution in [-0.4, -0.2) is 52.0 Å². The lowest BCUT2D eigenvalue weighted by molar-refractivity contribution is -0.137. The highest BCUT2D eigenvalue weighted by Crippen LogP contribution is 2.30. The molecule has 1 aliphatic heterocycles. The van der Waals surface area contributed by atoms with Crippen LogP contribution >= 0.6 is 0 Å². The monoisotopic (exact) mass is 341 g/mol. The molecule has 0 N–H and O–H groups in total. The fourth-order valence-corrected chi connectivity index (χ4v) is 4.09. The van der Waals surface area contributed by atoms with Crippen molar-refractivity contribution in [1.29, 1.82) is 0 Å². The molecule has 2 aliphatic rings. The summed E-state index contributed by atoms with van der Waals surface area (Å²) in [4.78, 5) is 25.6. The second kappa shape index (κ2) is 6.65. The molecule has 2 aromatic rings. The van der Waals surface area contributed by atoms with Gasteiger partial charge in [0.15, 0.2) is 0 Å². The van der Waals surface area contributed by atoms with E-state index in [0.29, 0.717) is 17.7 Å². The van der Waals surface area contributed by atoms with Gasteiger partial charge in [-0.05, 0) is 37.7 Å². The molecule has 1 amide bonds. The van der Waals surface area contributed by atoms with Crippen LogP contribution in [0.2, 0.25) is 0 Å². The van der Waals surface area contributed by atoms with Crippen molar-refractivity contribution in [3.63, 3.8) is 0 Å². The van der Waals surface area contributed by atoms with Crippen LogP contribution in [0.5, 0.6) is 0 Å². The Morgan fingerprint density at radius 3 is 2.68 bits per heavy atom. The van der Waals surface area contributed by atoms with Gasteiger partial charge >= 0.3 is 0 Å². The van der Waals surface area contributed by atoms with E-state index in [0.717, 1.165) is 62.2 Å². The number of rotatable bonds is 4. The number of hydrogen-bond acceptors (Lipinski definition) is 4. The third kappa shape index (κ3) is 3.10. The van der Waals surface area contributed by atoms with Crippen molar-refractivity contribution in [2.75, 3.05) is 31.6 Å². The number of piperidine rings is 1. The summed E-state index contributed by atoms with van der Waals surface area (Å²) in [6.07, 6.45) is 9.31. The molecule has 0 unspecified atom stereocenters. The van der Waals surface area contributed by atoms with E-state index in [1.807, 2.05) is 29.8 Å². The lowest BCUT2D eigenvalue weighted by Gasteiger charge is -2.36. The molecule has 0 aromatic carbocycles. The average molecular weight is 341 g/mol. The van der Waals surface area contributed by atoms with Crippen molar-refractivity contribution >= 4 is 22.8 Å². The maximum atomic E-state index is 12.3. The minimum absolute atomic E-state index is 0.303. The summed E-state index contributed by atoms with van der Waals surface area (Å²) in [7, 11) is 3.99. The lowest BCUT2D eigenvalue weighted by atomic mass is 9.84. The van der Waals surface area contributed by atoms with E-state index in [-0.39, 0.29) is 0 Å². The number of aromatic nitrogens is 3. The van der Waals surface area contributed by atoms with Crippen LogP contribution in [0, 0.1) is 11.8 Å². The summed E-state index contributed by atoms with van der Waals surface area (Å²) in [6, 6.07) is 2.10. The molecular formula is C19H27N5O. The summed E-state index contributed by atoms with van der Waals surface area (Å²) >= 11 is 0. The molecule has 1 saturated heterocycles. The molecule has 0 radical (unpaired) electrons. The van der Waals surface area contributed by atoms with Gasteiger partial charge in [-0.3, -0.25) is 4.79 Å². The Morgan fingerprint density at radius 2 is 2.00 bits per heavy atom. The summed E-state index contributed by atoms with van der Waals surface area (Å²) < 4.78 is 2.04. The molecule has 0 spiro atoms. The standard InChI is InChI=1S/C19H27N5O/c1-22-9-8-16-17(22)20-13-21-18(16)24-10-6-14(7-11-24)12-23(2)19(25)15-4-3-5-15/h8-9,13-15H,3-7,10-12H2,1-2H3. The number of fused-ring (bicyclic) bond motifs is 1. The maximum Gasteiger partial charge on any atom is 0.225 e. The van der Waals surface area contributed by atoms with E-state index >= 15 is 0 Å². The van der Waals surface area contributed by atoms with Gasteiger partial charge in [-0.25, -0.2) is 9.97 Å². The molecule has 25 heavy (non-hydrogen) atoms. The Hall–Kier alpha value is -2.11. The first-order chi connectivity index (χ1) is 12.1. The van der Waals surface area contributed by atoms with Gasteiger partial charge in [0.2, 0.25) is 5.91 Å². The number of carbonyl (C=O) groups is 1. The van der Waals surface area contributed by atoms with E-state index < -0.39 is 0 Å². The first kappa shape index (κ1) is 16.4. The minimum atomic E-state index is 0.303. The van der Waals surface area contributed by atoms with E-state index in [4.69, 9.17) is 0 Å². The number of anilines is 1. The summed E-state index contributed by atoms with van der Waals surface area (Å²) in [5.41, 5.74) is 0.984. The van der Waals surface area contributed by atoms with Crippen LogP contribution in [0.25, 0.3) is 11.0 Å². The smallest absolute Gasteiger partial charge is 0.225 e. The number of hydrogen-bond donors (Lipinski definition) is 0. The molecular weight excluding hydrogens is 314 g/mol. The Balaban J connectivity index is 1.37. The highest BCUT2D eigenvalue weighted by molar-refractivity contribution is 5.87. The van der Waals surface area contributed by atoms with Crippen molar-refractivity contribution in [2.45, 2.75) is 32.1 Å². The first-order valence-corrected chi connectivity index (χ1v) is 9.39. The van der Waals surface area contributed by atoms with Crippen molar-refractivity contribution in [2.24, 2.45) is 18.9 Å². The normalized spacial score (nSPS) is 19.2. The number of nitrogens with zero attached hydrogens (tertiary/aromatic N) is 5. The third-order valence-electron chi connectivity index (χ3n) is 5.92. The van der Waals surface area contributed by atoms with Crippen molar-refractivity contribution in [3.8, 4) is 0 Å². The van der Waals surface area contributed by atoms with Gasteiger partial charge in [0.05, 0.1) is 5.39 Å². The molecule has 134 valence electrons. The quantitative estimate of drug-likeness (QED) is 0.857. The van der Waals surface area contributed by atoms with E-state index in [1.165, 1.54) is 6.42 Å². The van der Waals surface area contributed by atoms with Gasteiger partial charge in [0, 0.05) is 45.8 Å². The van der Waals surface area contributed by atoms with Gasteiger partial charge in [0.25, 0.3) is 0 Å². The molecule has 2 fully saturated rings. The van der Waals surface area contributed by atoms with Crippen molar-refractivity contribution in [3.05, 3.63) is 18.6 Å².